The number of nitrogens with one attached hydrogen (secondary N) is 1. The molecule has 1 N–H and O–H groups in total. The lowest BCUT2D eigenvalue weighted by Gasteiger charge is -2.31. The molecule has 3 nitrogen and oxygen atoms in total. The van der Waals surface area contributed by atoms with Crippen LogP contribution in [0, 0.1) is 0 Å². The highest BCUT2D eigenvalue weighted by Crippen LogP contribution is 2.44. The molecular weight excluding hydrogens is 284 g/mol. The fourth-order valence-electron chi connectivity index (χ4n) is 3.32. The van der Waals surface area contributed by atoms with Crippen molar-refractivity contribution < 1.29 is 4.79 Å². The number of anilines is 1. The number of rotatable bonds is 4. The largest absolute Gasteiger partial charge is 0.358 e. The van der Waals surface area contributed by atoms with E-state index >= 15 is 0 Å². The van der Waals surface area contributed by atoms with Gasteiger partial charge in [0.1, 0.15) is 0 Å². The van der Waals surface area contributed by atoms with Crippen molar-refractivity contribution in [3.63, 3.8) is 0 Å². The highest BCUT2D eigenvalue weighted by molar-refractivity contribution is 5.83. The second kappa shape index (κ2) is 6.07. The van der Waals surface area contributed by atoms with Crippen molar-refractivity contribution in [2.75, 3.05) is 11.4 Å². The molecule has 2 aromatic rings. The summed E-state index contributed by atoms with van der Waals surface area (Å²) in [5.74, 6) is 0.0632. The first kappa shape index (κ1) is 15.6. The molecule has 0 bridgehead atoms. The predicted molar refractivity (Wildman–Crippen MR) is 94.6 cm³/mol. The first-order valence-electron chi connectivity index (χ1n) is 8.17. The molecule has 1 aliphatic heterocycles. The average Bonchev–Trinajstić information content (AvgIpc) is 2.75. The van der Waals surface area contributed by atoms with Crippen molar-refractivity contribution in [2.24, 2.45) is 0 Å². The number of para-hydroxylation sites is 1. The minimum Gasteiger partial charge on any atom is -0.358 e. The lowest BCUT2D eigenvalue weighted by Crippen LogP contribution is -2.44. The second-order valence-corrected chi connectivity index (χ2v) is 6.81. The number of hydrogen-bond donors (Lipinski definition) is 1. The minimum atomic E-state index is 0.0519. The SMILES string of the molecule is CC1N(CC(=O)NCc2ccccc2)c2ccccc2C1(C)C. The maximum Gasteiger partial charge on any atom is 0.239 e. The van der Waals surface area contributed by atoms with Gasteiger partial charge in [-0.2, -0.15) is 0 Å². The number of carbonyl (C=O) groups is 1. The predicted octanol–water partition coefficient (Wildman–Crippen LogP) is 3.49. The molecule has 120 valence electrons. The molecule has 1 atom stereocenters. The molecule has 0 fully saturated rings. The van der Waals surface area contributed by atoms with Crippen LogP contribution in [0.1, 0.15) is 31.9 Å². The Morgan fingerprint density at radius 1 is 1.09 bits per heavy atom. The van der Waals surface area contributed by atoms with Crippen molar-refractivity contribution in [3.05, 3.63) is 65.7 Å². The third-order valence-electron chi connectivity index (χ3n) is 5.07. The summed E-state index contributed by atoms with van der Waals surface area (Å²) in [6.07, 6.45) is 0. The zero-order chi connectivity index (χ0) is 16.4. The number of carbonyl (C=O) groups excluding carboxylic acids is 1. The van der Waals surface area contributed by atoms with Gasteiger partial charge in [0, 0.05) is 23.7 Å². The Morgan fingerprint density at radius 2 is 1.74 bits per heavy atom. The van der Waals surface area contributed by atoms with Gasteiger partial charge in [-0.15, -0.1) is 0 Å². The summed E-state index contributed by atoms with van der Waals surface area (Å²) < 4.78 is 0. The molecule has 2 aromatic carbocycles. The van der Waals surface area contributed by atoms with Crippen LogP contribution < -0.4 is 10.2 Å². The van der Waals surface area contributed by atoms with Crippen LogP contribution in [0.25, 0.3) is 0 Å². The van der Waals surface area contributed by atoms with E-state index in [4.69, 9.17) is 0 Å². The fraction of sp³-hybridized carbons (Fsp3) is 0.350. The minimum absolute atomic E-state index is 0.0519. The molecule has 1 heterocycles. The van der Waals surface area contributed by atoms with E-state index in [-0.39, 0.29) is 11.3 Å². The van der Waals surface area contributed by atoms with Gasteiger partial charge in [-0.05, 0) is 24.1 Å². The van der Waals surface area contributed by atoms with Crippen LogP contribution in [0.5, 0.6) is 0 Å². The standard InChI is InChI=1S/C20H24N2O/c1-15-20(2,3)17-11-7-8-12-18(17)22(15)14-19(23)21-13-16-9-5-4-6-10-16/h4-12,15H,13-14H2,1-3H3,(H,21,23). The molecule has 23 heavy (non-hydrogen) atoms. The number of fused-ring (bicyclic) bond motifs is 1. The van der Waals surface area contributed by atoms with Crippen molar-refractivity contribution in [1.82, 2.24) is 5.32 Å². The van der Waals surface area contributed by atoms with E-state index in [1.807, 2.05) is 36.4 Å². The van der Waals surface area contributed by atoms with Crippen LogP contribution >= 0.6 is 0 Å². The van der Waals surface area contributed by atoms with Crippen LogP contribution in [0.2, 0.25) is 0 Å². The van der Waals surface area contributed by atoms with Crippen molar-refractivity contribution in [2.45, 2.75) is 38.8 Å². The highest BCUT2D eigenvalue weighted by Gasteiger charge is 2.41. The molecule has 0 saturated carbocycles. The van der Waals surface area contributed by atoms with E-state index in [0.717, 1.165) is 5.56 Å². The average molecular weight is 308 g/mol. The summed E-state index contributed by atoms with van der Waals surface area (Å²) in [6, 6.07) is 18.7. The summed E-state index contributed by atoms with van der Waals surface area (Å²) in [4.78, 5) is 14.6. The molecular formula is C20H24N2O. The summed E-state index contributed by atoms with van der Waals surface area (Å²) in [5, 5.41) is 3.02. The van der Waals surface area contributed by atoms with Crippen LogP contribution in [-0.4, -0.2) is 18.5 Å². The van der Waals surface area contributed by atoms with Gasteiger partial charge in [-0.1, -0.05) is 62.4 Å². The highest BCUT2D eigenvalue weighted by atomic mass is 16.2. The smallest absolute Gasteiger partial charge is 0.239 e. The van der Waals surface area contributed by atoms with Gasteiger partial charge >= 0.3 is 0 Å². The van der Waals surface area contributed by atoms with Gasteiger partial charge < -0.3 is 10.2 Å². The van der Waals surface area contributed by atoms with Crippen LogP contribution in [0.4, 0.5) is 5.69 Å². The molecule has 3 rings (SSSR count). The number of benzene rings is 2. The van der Waals surface area contributed by atoms with Gasteiger partial charge in [0.15, 0.2) is 0 Å². The van der Waals surface area contributed by atoms with Gasteiger partial charge in [0.2, 0.25) is 5.91 Å². The third-order valence-corrected chi connectivity index (χ3v) is 5.07. The topological polar surface area (TPSA) is 32.3 Å². The van der Waals surface area contributed by atoms with Gasteiger partial charge in [0.05, 0.1) is 6.54 Å². The van der Waals surface area contributed by atoms with Gasteiger partial charge in [-0.25, -0.2) is 0 Å². The van der Waals surface area contributed by atoms with Gasteiger partial charge in [0.25, 0.3) is 0 Å². The lowest BCUT2D eigenvalue weighted by molar-refractivity contribution is -0.120. The Kier molecular flexibility index (Phi) is 4.12. The van der Waals surface area contributed by atoms with Crippen LogP contribution in [0.15, 0.2) is 54.6 Å². The number of hydrogen-bond acceptors (Lipinski definition) is 2. The maximum atomic E-state index is 12.4. The van der Waals surface area contributed by atoms with Crippen molar-refractivity contribution in [1.29, 1.82) is 0 Å². The van der Waals surface area contributed by atoms with Crippen molar-refractivity contribution >= 4 is 11.6 Å². The summed E-state index contributed by atoms with van der Waals surface area (Å²) in [6.45, 7) is 7.67. The van der Waals surface area contributed by atoms with Gasteiger partial charge in [-0.3, -0.25) is 4.79 Å². The first-order valence-corrected chi connectivity index (χ1v) is 8.17. The zero-order valence-electron chi connectivity index (χ0n) is 14.0. The van der Waals surface area contributed by atoms with Crippen LogP contribution in [-0.2, 0) is 16.8 Å². The molecule has 0 spiro atoms. The Labute approximate surface area is 138 Å². The van der Waals surface area contributed by atoms with E-state index in [1.165, 1.54) is 11.3 Å². The lowest BCUT2D eigenvalue weighted by atomic mass is 9.81. The quantitative estimate of drug-likeness (QED) is 0.938. The number of amides is 1. The van der Waals surface area contributed by atoms with E-state index < -0.39 is 0 Å². The second-order valence-electron chi connectivity index (χ2n) is 6.81. The molecule has 1 unspecified atom stereocenters. The Hall–Kier alpha value is -2.29. The molecule has 3 heteroatoms. The molecule has 0 saturated heterocycles. The van der Waals surface area contributed by atoms with E-state index in [0.29, 0.717) is 19.1 Å². The normalized spacial score (nSPS) is 18.6. The summed E-state index contributed by atoms with van der Waals surface area (Å²) in [5.41, 5.74) is 3.68. The van der Waals surface area contributed by atoms with E-state index in [1.54, 1.807) is 0 Å². The number of nitrogens with zero attached hydrogens (tertiary/aromatic N) is 1. The molecule has 0 aromatic heterocycles. The Bertz CT molecular complexity index is 694. The monoisotopic (exact) mass is 308 g/mol. The van der Waals surface area contributed by atoms with Crippen LogP contribution in [0.3, 0.4) is 0 Å². The maximum absolute atomic E-state index is 12.4. The van der Waals surface area contributed by atoms with Crippen molar-refractivity contribution in [3.8, 4) is 0 Å². The Balaban J connectivity index is 1.69. The molecule has 0 radical (unpaired) electrons. The summed E-state index contributed by atoms with van der Waals surface area (Å²) >= 11 is 0. The van der Waals surface area contributed by atoms with E-state index in [2.05, 4.69) is 49.2 Å². The van der Waals surface area contributed by atoms with E-state index in [9.17, 15) is 4.79 Å². The first-order chi connectivity index (χ1) is 11.0. The summed E-state index contributed by atoms with van der Waals surface area (Å²) in [7, 11) is 0. The molecule has 0 aliphatic carbocycles. The fourth-order valence-corrected chi connectivity index (χ4v) is 3.32. The zero-order valence-corrected chi connectivity index (χ0v) is 14.0. The third kappa shape index (κ3) is 2.96. The molecule has 1 amide bonds. The Morgan fingerprint density at radius 3 is 2.48 bits per heavy atom. The molecule has 1 aliphatic rings.